The monoisotopic (exact) mass is 189 g/mol. The lowest BCUT2D eigenvalue weighted by molar-refractivity contribution is -0.112. The molecule has 1 rings (SSSR count). The van der Waals surface area contributed by atoms with Crippen LogP contribution in [0.15, 0.2) is 36.4 Å². The van der Waals surface area contributed by atoms with E-state index in [1.165, 1.54) is 0 Å². The molecular formula is C12H15NO. The van der Waals surface area contributed by atoms with E-state index in [0.29, 0.717) is 5.57 Å². The summed E-state index contributed by atoms with van der Waals surface area (Å²) in [7, 11) is 0. The number of amides is 1. The van der Waals surface area contributed by atoms with Crippen molar-refractivity contribution in [2.75, 3.05) is 5.32 Å². The molecule has 0 aliphatic heterocycles. The van der Waals surface area contributed by atoms with Gasteiger partial charge in [-0.25, -0.2) is 0 Å². The molecule has 0 saturated heterocycles. The third-order valence-electron chi connectivity index (χ3n) is 2.03. The van der Waals surface area contributed by atoms with Crippen LogP contribution in [0.25, 0.3) is 0 Å². The van der Waals surface area contributed by atoms with Crippen LogP contribution < -0.4 is 5.32 Å². The van der Waals surface area contributed by atoms with Crippen LogP contribution in [0.1, 0.15) is 19.4 Å². The van der Waals surface area contributed by atoms with Gasteiger partial charge in [0.25, 0.3) is 5.91 Å². The van der Waals surface area contributed by atoms with Gasteiger partial charge in [-0.15, -0.1) is 0 Å². The molecule has 2 heteroatoms. The molecule has 0 radical (unpaired) electrons. The van der Waals surface area contributed by atoms with Crippen molar-refractivity contribution in [2.45, 2.75) is 20.3 Å². The van der Waals surface area contributed by atoms with E-state index in [4.69, 9.17) is 0 Å². The topological polar surface area (TPSA) is 29.1 Å². The van der Waals surface area contributed by atoms with Gasteiger partial charge in [-0.2, -0.15) is 0 Å². The Hall–Kier alpha value is -1.57. The highest BCUT2D eigenvalue weighted by molar-refractivity contribution is 6.03. The molecule has 2 nitrogen and oxygen atoms in total. The minimum absolute atomic E-state index is 0.120. The van der Waals surface area contributed by atoms with Crippen molar-refractivity contribution in [2.24, 2.45) is 0 Å². The van der Waals surface area contributed by atoms with Gasteiger partial charge in [-0.3, -0.25) is 4.79 Å². The molecule has 0 fully saturated rings. The molecule has 0 aliphatic rings. The lowest BCUT2D eigenvalue weighted by Crippen LogP contribution is -2.13. The van der Waals surface area contributed by atoms with Crippen molar-refractivity contribution in [3.63, 3.8) is 0 Å². The number of benzene rings is 1. The van der Waals surface area contributed by atoms with Crippen LogP contribution in [-0.2, 0) is 11.2 Å². The minimum atomic E-state index is -0.120. The van der Waals surface area contributed by atoms with Crippen LogP contribution >= 0.6 is 0 Å². The number of carbonyl (C=O) groups excluding carboxylic acids is 1. The molecule has 1 N–H and O–H groups in total. The number of anilines is 1. The van der Waals surface area contributed by atoms with E-state index in [0.717, 1.165) is 17.7 Å². The molecule has 1 aromatic carbocycles. The molecule has 0 spiro atoms. The molecule has 74 valence electrons. The highest BCUT2D eigenvalue weighted by Gasteiger charge is 2.04. The molecule has 0 unspecified atom stereocenters. The van der Waals surface area contributed by atoms with Crippen LogP contribution in [0.5, 0.6) is 0 Å². The summed E-state index contributed by atoms with van der Waals surface area (Å²) in [5.74, 6) is -0.120. The van der Waals surface area contributed by atoms with E-state index in [1.807, 2.05) is 24.3 Å². The Morgan fingerprint density at radius 2 is 2.07 bits per heavy atom. The summed E-state index contributed by atoms with van der Waals surface area (Å²) in [6.45, 7) is 7.35. The summed E-state index contributed by atoms with van der Waals surface area (Å²) < 4.78 is 0. The fourth-order valence-electron chi connectivity index (χ4n) is 1.18. The number of carbonyl (C=O) groups is 1. The highest BCUT2D eigenvalue weighted by atomic mass is 16.1. The molecule has 0 saturated carbocycles. The van der Waals surface area contributed by atoms with Crippen LogP contribution in [0.4, 0.5) is 5.69 Å². The maximum atomic E-state index is 11.4. The normalized spacial score (nSPS) is 9.57. The minimum Gasteiger partial charge on any atom is -0.322 e. The highest BCUT2D eigenvalue weighted by Crippen LogP contribution is 2.15. The average molecular weight is 189 g/mol. The third kappa shape index (κ3) is 2.46. The van der Waals surface area contributed by atoms with E-state index in [1.54, 1.807) is 6.92 Å². The van der Waals surface area contributed by atoms with Gasteiger partial charge in [0.1, 0.15) is 0 Å². The fraction of sp³-hybridized carbons (Fsp3) is 0.250. The maximum absolute atomic E-state index is 11.4. The fourth-order valence-corrected chi connectivity index (χ4v) is 1.18. The molecule has 0 heterocycles. The van der Waals surface area contributed by atoms with Crippen LogP contribution in [-0.4, -0.2) is 5.91 Å². The van der Waals surface area contributed by atoms with Crippen molar-refractivity contribution in [3.8, 4) is 0 Å². The molecule has 14 heavy (non-hydrogen) atoms. The zero-order valence-corrected chi connectivity index (χ0v) is 8.63. The quantitative estimate of drug-likeness (QED) is 0.728. The van der Waals surface area contributed by atoms with Gasteiger partial charge in [0.15, 0.2) is 0 Å². The van der Waals surface area contributed by atoms with E-state index < -0.39 is 0 Å². The van der Waals surface area contributed by atoms with Gasteiger partial charge in [-0.05, 0) is 25.0 Å². The van der Waals surface area contributed by atoms with Gasteiger partial charge in [-0.1, -0.05) is 31.7 Å². The average Bonchev–Trinajstić information content (AvgIpc) is 2.18. The van der Waals surface area contributed by atoms with Crippen molar-refractivity contribution in [1.82, 2.24) is 0 Å². The van der Waals surface area contributed by atoms with Crippen molar-refractivity contribution in [3.05, 3.63) is 42.0 Å². The largest absolute Gasteiger partial charge is 0.322 e. The predicted octanol–water partition coefficient (Wildman–Crippen LogP) is 2.76. The smallest absolute Gasteiger partial charge is 0.250 e. The molecule has 1 aromatic rings. The standard InChI is InChI=1S/C12H15NO/c1-4-10-7-5-6-8-11(10)13-12(14)9(2)3/h5-8H,2,4H2,1,3H3,(H,13,14). The number of rotatable bonds is 3. The molecule has 0 bridgehead atoms. The molecular weight excluding hydrogens is 174 g/mol. The summed E-state index contributed by atoms with van der Waals surface area (Å²) >= 11 is 0. The number of para-hydroxylation sites is 1. The van der Waals surface area contributed by atoms with Crippen LogP contribution in [0.3, 0.4) is 0 Å². The summed E-state index contributed by atoms with van der Waals surface area (Å²) in [6, 6.07) is 7.79. The van der Waals surface area contributed by atoms with E-state index in [9.17, 15) is 4.79 Å². The first-order chi connectivity index (χ1) is 6.65. The number of aryl methyl sites for hydroxylation is 1. The summed E-state index contributed by atoms with van der Waals surface area (Å²) in [6.07, 6.45) is 0.909. The van der Waals surface area contributed by atoms with E-state index in [-0.39, 0.29) is 5.91 Å². The zero-order chi connectivity index (χ0) is 10.6. The lowest BCUT2D eigenvalue weighted by Gasteiger charge is -2.08. The van der Waals surface area contributed by atoms with Crippen LogP contribution in [0, 0.1) is 0 Å². The summed E-state index contributed by atoms with van der Waals surface area (Å²) in [4.78, 5) is 11.4. The van der Waals surface area contributed by atoms with Crippen molar-refractivity contribution < 1.29 is 4.79 Å². The molecule has 1 amide bonds. The van der Waals surface area contributed by atoms with Gasteiger partial charge in [0.2, 0.25) is 0 Å². The first kappa shape index (κ1) is 10.5. The first-order valence-electron chi connectivity index (χ1n) is 4.70. The lowest BCUT2D eigenvalue weighted by atomic mass is 10.1. The second-order valence-electron chi connectivity index (χ2n) is 3.25. The number of hydrogen-bond donors (Lipinski definition) is 1. The van der Waals surface area contributed by atoms with Gasteiger partial charge >= 0.3 is 0 Å². The summed E-state index contributed by atoms with van der Waals surface area (Å²) in [5.41, 5.74) is 2.54. The first-order valence-corrected chi connectivity index (χ1v) is 4.70. The Morgan fingerprint density at radius 3 is 2.64 bits per heavy atom. The zero-order valence-electron chi connectivity index (χ0n) is 8.63. The van der Waals surface area contributed by atoms with Gasteiger partial charge < -0.3 is 5.32 Å². The Labute approximate surface area is 84.6 Å². The van der Waals surface area contributed by atoms with Gasteiger partial charge in [0.05, 0.1) is 0 Å². The van der Waals surface area contributed by atoms with Crippen LogP contribution in [0.2, 0.25) is 0 Å². The predicted molar refractivity (Wildman–Crippen MR) is 59.3 cm³/mol. The molecule has 0 atom stereocenters. The van der Waals surface area contributed by atoms with E-state index in [2.05, 4.69) is 18.8 Å². The van der Waals surface area contributed by atoms with E-state index >= 15 is 0 Å². The molecule has 0 aliphatic carbocycles. The number of hydrogen-bond acceptors (Lipinski definition) is 1. The second kappa shape index (κ2) is 4.61. The Balaban J connectivity index is 2.85. The Bertz CT molecular complexity index is 355. The van der Waals surface area contributed by atoms with Crippen molar-refractivity contribution >= 4 is 11.6 Å². The van der Waals surface area contributed by atoms with Gasteiger partial charge in [0, 0.05) is 11.3 Å². The molecule has 0 aromatic heterocycles. The van der Waals surface area contributed by atoms with Crippen molar-refractivity contribution in [1.29, 1.82) is 0 Å². The Morgan fingerprint density at radius 1 is 1.43 bits per heavy atom. The maximum Gasteiger partial charge on any atom is 0.250 e. The summed E-state index contributed by atoms with van der Waals surface area (Å²) in [5, 5.41) is 2.82. The Kier molecular flexibility index (Phi) is 3.46. The SMILES string of the molecule is C=C(C)C(=O)Nc1ccccc1CC. The number of nitrogens with one attached hydrogen (secondary N) is 1. The third-order valence-corrected chi connectivity index (χ3v) is 2.03. The second-order valence-corrected chi connectivity index (χ2v) is 3.25.